The Morgan fingerprint density at radius 1 is 1.08 bits per heavy atom. The Kier molecular flexibility index (Phi) is 12.0. The molecular formula is C33H37F2N4O13P. The molecule has 1 fully saturated rings. The number of nitrogens with zero attached hydrogens (tertiary/aromatic N) is 2. The molecule has 2 aromatic carbocycles. The number of ether oxygens (including phenoxy) is 5. The van der Waals surface area contributed by atoms with Gasteiger partial charge < -0.3 is 37.7 Å². The van der Waals surface area contributed by atoms with E-state index in [-0.39, 0.29) is 23.9 Å². The van der Waals surface area contributed by atoms with Gasteiger partial charge in [-0.15, -0.1) is 0 Å². The summed E-state index contributed by atoms with van der Waals surface area (Å²) in [4.78, 5) is 41.3. The average Bonchev–Trinajstić information content (AvgIpc) is 3.63. The molecule has 0 spiro atoms. The topological polar surface area (TPSA) is 208 Å². The van der Waals surface area contributed by atoms with Gasteiger partial charge in [0.1, 0.15) is 35.2 Å². The fraction of sp³-hybridized carbons (Fsp3) is 0.394. The number of aromatic nitrogens is 2. The Hall–Kier alpha value is -5.07. The summed E-state index contributed by atoms with van der Waals surface area (Å²) in [7, 11) is -1.57. The van der Waals surface area contributed by atoms with E-state index < -0.39 is 68.6 Å². The van der Waals surface area contributed by atoms with Crippen LogP contribution in [0, 0.1) is 0 Å². The third kappa shape index (κ3) is 9.30. The van der Waals surface area contributed by atoms with E-state index in [1.165, 1.54) is 33.3 Å². The molecule has 1 saturated heterocycles. The molecule has 53 heavy (non-hydrogen) atoms. The number of carbonyl (C=O) groups is 2. The van der Waals surface area contributed by atoms with Crippen LogP contribution >= 0.6 is 7.75 Å². The van der Waals surface area contributed by atoms with Crippen LogP contribution in [0.5, 0.6) is 17.2 Å². The van der Waals surface area contributed by atoms with Crippen molar-refractivity contribution in [3.05, 3.63) is 77.0 Å². The van der Waals surface area contributed by atoms with Crippen LogP contribution in [0.2, 0.25) is 0 Å². The number of amides is 1. The van der Waals surface area contributed by atoms with Gasteiger partial charge in [0.05, 0.1) is 26.9 Å². The van der Waals surface area contributed by atoms with Gasteiger partial charge in [0.2, 0.25) is 6.23 Å². The number of methoxy groups -OCH3 is 2. The molecule has 2 aromatic heterocycles. The normalized spacial score (nSPS) is 19.7. The number of fused-ring (bicyclic) bond motifs is 1. The Bertz CT molecular complexity index is 2030. The van der Waals surface area contributed by atoms with E-state index in [2.05, 4.69) is 15.4 Å². The summed E-state index contributed by atoms with van der Waals surface area (Å²) >= 11 is 0. The molecule has 17 nitrogen and oxygen atoms in total. The van der Waals surface area contributed by atoms with Crippen LogP contribution in [0.25, 0.3) is 11.0 Å². The highest BCUT2D eigenvalue weighted by Crippen LogP contribution is 2.48. The summed E-state index contributed by atoms with van der Waals surface area (Å²) in [5, 5.41) is 15.8. The summed E-state index contributed by atoms with van der Waals surface area (Å²) in [5.74, 6) is -4.00. The molecule has 4 aromatic rings. The highest BCUT2D eigenvalue weighted by atomic mass is 31.2. The van der Waals surface area contributed by atoms with Crippen LogP contribution in [-0.2, 0) is 34.7 Å². The number of hydrogen-bond donors (Lipinski definition) is 3. The average molecular weight is 767 g/mol. The molecule has 3 N–H and O–H groups in total. The van der Waals surface area contributed by atoms with Gasteiger partial charge >= 0.3 is 31.4 Å². The number of aliphatic hydroxyl groups is 1. The summed E-state index contributed by atoms with van der Waals surface area (Å²) in [6.07, 6.45) is -7.47. The molecule has 0 saturated carbocycles. The number of benzene rings is 2. The number of rotatable bonds is 15. The fourth-order valence-corrected chi connectivity index (χ4v) is 6.54. The molecule has 286 valence electrons. The Labute approximate surface area is 300 Å². The smallest absolute Gasteiger partial charge is 0.459 e. The SMILES string of the molecule is COc1cc(OC)c2oc(COC(=O)Nc3ccn(C4O[C@H](COP(=O)(N[C@@H](C)C(=O)OC(C)C)Oc5ccccc5)[C@@H](O)C4(F)F)c(=O)n3)cc2c1. The zero-order valence-electron chi connectivity index (χ0n) is 29.0. The Balaban J connectivity index is 1.23. The van der Waals surface area contributed by atoms with E-state index in [1.807, 2.05) is 0 Å². The van der Waals surface area contributed by atoms with Gasteiger partial charge in [-0.2, -0.15) is 18.9 Å². The number of nitrogens with one attached hydrogen (secondary N) is 2. The number of anilines is 1. The molecule has 5 rings (SSSR count). The maximum atomic E-state index is 15.4. The lowest BCUT2D eigenvalue weighted by Gasteiger charge is -2.25. The molecule has 0 radical (unpaired) electrons. The lowest BCUT2D eigenvalue weighted by atomic mass is 10.1. The molecule has 1 aliphatic heterocycles. The summed E-state index contributed by atoms with van der Waals surface area (Å²) in [6.45, 7) is 3.28. The molecule has 3 heterocycles. The Morgan fingerprint density at radius 3 is 2.47 bits per heavy atom. The molecule has 20 heteroatoms. The van der Waals surface area contributed by atoms with Crippen molar-refractivity contribution in [2.24, 2.45) is 0 Å². The highest BCUT2D eigenvalue weighted by molar-refractivity contribution is 7.52. The molecule has 1 aliphatic rings. The third-order valence-electron chi connectivity index (χ3n) is 7.53. The van der Waals surface area contributed by atoms with E-state index in [4.69, 9.17) is 37.1 Å². The standard InChI is InChI=1S/C33H37F2N4O13P/c1-18(2)49-29(41)19(3)38-53(44,52-21-9-7-6-8-10-21)48-17-25-28(40)33(34,35)30(51-25)39-12-11-26(36-31(39)42)37-32(43)47-16-23-14-20-13-22(45-4)15-24(46-5)27(20)50-23/h6-15,18-19,25,28,30,40H,16-17H2,1-5H3,(H,38,44)(H,36,37,42,43)/t19-,25+,28+,30?,53?/m0/s1. The molecule has 0 aliphatic carbocycles. The van der Waals surface area contributed by atoms with Crippen molar-refractivity contribution < 1.29 is 65.2 Å². The van der Waals surface area contributed by atoms with Crippen molar-refractivity contribution in [3.8, 4) is 17.2 Å². The van der Waals surface area contributed by atoms with E-state index in [0.717, 1.165) is 12.3 Å². The van der Waals surface area contributed by atoms with Gasteiger partial charge in [0, 0.05) is 17.6 Å². The molecular weight excluding hydrogens is 729 g/mol. The first kappa shape index (κ1) is 39.1. The maximum absolute atomic E-state index is 15.4. The quantitative estimate of drug-likeness (QED) is 0.110. The predicted molar refractivity (Wildman–Crippen MR) is 181 cm³/mol. The minimum atomic E-state index is -4.51. The summed E-state index contributed by atoms with van der Waals surface area (Å²) in [6, 6.07) is 12.4. The number of carbonyl (C=O) groups excluding carboxylic acids is 2. The van der Waals surface area contributed by atoms with Crippen molar-refractivity contribution in [3.63, 3.8) is 0 Å². The Morgan fingerprint density at radius 2 is 1.81 bits per heavy atom. The van der Waals surface area contributed by atoms with Crippen LogP contribution < -0.4 is 30.1 Å². The summed E-state index contributed by atoms with van der Waals surface area (Å²) < 4.78 is 87.6. The summed E-state index contributed by atoms with van der Waals surface area (Å²) in [5.41, 5.74) is -0.885. The van der Waals surface area contributed by atoms with Crippen LogP contribution in [-0.4, -0.2) is 77.8 Å². The van der Waals surface area contributed by atoms with Crippen molar-refractivity contribution in [2.75, 3.05) is 26.1 Å². The second kappa shape index (κ2) is 16.3. The fourth-order valence-electron chi connectivity index (χ4n) is 5.04. The largest absolute Gasteiger partial charge is 0.497 e. The third-order valence-corrected chi connectivity index (χ3v) is 9.18. The van der Waals surface area contributed by atoms with Crippen molar-refractivity contribution in [1.82, 2.24) is 14.6 Å². The molecule has 0 bridgehead atoms. The number of alkyl halides is 2. The first-order valence-electron chi connectivity index (χ1n) is 16.0. The zero-order chi connectivity index (χ0) is 38.5. The van der Waals surface area contributed by atoms with Gasteiger partial charge in [-0.1, -0.05) is 18.2 Å². The molecule has 2 unspecified atom stereocenters. The van der Waals surface area contributed by atoms with Crippen LogP contribution in [0.1, 0.15) is 32.8 Å². The number of esters is 1. The number of hydrogen-bond acceptors (Lipinski definition) is 14. The number of para-hydroxylation sites is 1. The van der Waals surface area contributed by atoms with Crippen molar-refractivity contribution in [2.45, 2.75) is 63.9 Å². The van der Waals surface area contributed by atoms with Crippen molar-refractivity contribution in [1.29, 1.82) is 0 Å². The number of furan rings is 1. The van der Waals surface area contributed by atoms with Gasteiger partial charge in [0.15, 0.2) is 24.0 Å². The van der Waals surface area contributed by atoms with Crippen molar-refractivity contribution >= 4 is 36.6 Å². The number of halogens is 2. The van der Waals surface area contributed by atoms with Gasteiger partial charge in [-0.3, -0.25) is 19.2 Å². The van der Waals surface area contributed by atoms with E-state index in [1.54, 1.807) is 50.2 Å². The second-order valence-electron chi connectivity index (χ2n) is 11.8. The van der Waals surface area contributed by atoms with Gasteiger partial charge in [-0.05, 0) is 51.1 Å². The predicted octanol–water partition coefficient (Wildman–Crippen LogP) is 4.78. The maximum Gasteiger partial charge on any atom is 0.459 e. The molecule has 1 amide bonds. The second-order valence-corrected chi connectivity index (χ2v) is 13.5. The monoisotopic (exact) mass is 766 g/mol. The van der Waals surface area contributed by atoms with E-state index in [9.17, 15) is 24.1 Å². The van der Waals surface area contributed by atoms with Crippen LogP contribution in [0.15, 0.2) is 70.0 Å². The minimum Gasteiger partial charge on any atom is -0.497 e. The van der Waals surface area contributed by atoms with Gasteiger partial charge in [-0.25, -0.2) is 14.2 Å². The van der Waals surface area contributed by atoms with E-state index in [0.29, 0.717) is 27.0 Å². The first-order chi connectivity index (χ1) is 25.1. The van der Waals surface area contributed by atoms with Crippen LogP contribution in [0.4, 0.5) is 19.4 Å². The lowest BCUT2D eigenvalue weighted by molar-refractivity contribution is -0.149. The van der Waals surface area contributed by atoms with Crippen LogP contribution in [0.3, 0.4) is 0 Å². The minimum absolute atomic E-state index is 0.0512. The highest BCUT2D eigenvalue weighted by Gasteiger charge is 2.60. The lowest BCUT2D eigenvalue weighted by Crippen LogP contribution is -2.42. The number of aliphatic hydroxyl groups excluding tert-OH is 1. The zero-order valence-corrected chi connectivity index (χ0v) is 29.9. The molecule has 5 atom stereocenters. The van der Waals surface area contributed by atoms with E-state index >= 15 is 8.78 Å². The van der Waals surface area contributed by atoms with Gasteiger partial charge in [0.25, 0.3) is 0 Å². The first-order valence-corrected chi connectivity index (χ1v) is 17.5.